The average molecular weight is 250 g/mol. The van der Waals surface area contributed by atoms with Gasteiger partial charge in [-0.1, -0.05) is 13.3 Å². The third-order valence-electron chi connectivity index (χ3n) is 3.97. The molecule has 3 heteroatoms. The van der Waals surface area contributed by atoms with Crippen LogP contribution in [0.5, 0.6) is 0 Å². The van der Waals surface area contributed by atoms with Crippen LogP contribution < -0.4 is 5.32 Å². The highest BCUT2D eigenvalue weighted by molar-refractivity contribution is 5.07. The van der Waals surface area contributed by atoms with Crippen LogP contribution in [0.2, 0.25) is 0 Å². The summed E-state index contributed by atoms with van der Waals surface area (Å²) in [6, 6.07) is 4.20. The van der Waals surface area contributed by atoms with Crippen molar-refractivity contribution in [1.82, 2.24) is 10.2 Å². The summed E-state index contributed by atoms with van der Waals surface area (Å²) >= 11 is 0. The minimum atomic E-state index is 0.817. The Morgan fingerprint density at radius 2 is 2.11 bits per heavy atom. The summed E-state index contributed by atoms with van der Waals surface area (Å²) < 4.78 is 5.82. The summed E-state index contributed by atoms with van der Waals surface area (Å²) in [6.07, 6.45) is 5.42. The predicted octanol–water partition coefficient (Wildman–Crippen LogP) is 3.01. The van der Waals surface area contributed by atoms with E-state index in [1.807, 2.05) is 7.05 Å². The van der Waals surface area contributed by atoms with Crippen molar-refractivity contribution in [2.75, 3.05) is 20.1 Å². The molecule has 0 bridgehead atoms. The van der Waals surface area contributed by atoms with Crippen molar-refractivity contribution in [2.45, 2.75) is 45.7 Å². The molecule has 3 nitrogen and oxygen atoms in total. The second-order valence-electron chi connectivity index (χ2n) is 5.38. The van der Waals surface area contributed by atoms with Gasteiger partial charge in [0.15, 0.2) is 0 Å². The largest absolute Gasteiger partial charge is 0.463 e. The first kappa shape index (κ1) is 13.6. The van der Waals surface area contributed by atoms with Crippen LogP contribution in [0.4, 0.5) is 0 Å². The Bertz CT molecular complexity index is 348. The molecule has 0 spiro atoms. The van der Waals surface area contributed by atoms with Gasteiger partial charge in [-0.15, -0.1) is 0 Å². The summed E-state index contributed by atoms with van der Waals surface area (Å²) in [5.74, 6) is 3.08. The lowest BCUT2D eigenvalue weighted by Crippen LogP contribution is -2.24. The summed E-state index contributed by atoms with van der Waals surface area (Å²) in [6.45, 7) is 6.55. The maximum atomic E-state index is 5.82. The molecule has 1 N–H and O–H groups in total. The summed E-state index contributed by atoms with van der Waals surface area (Å²) in [7, 11) is 1.95. The van der Waals surface area contributed by atoms with Crippen molar-refractivity contribution < 1.29 is 4.42 Å². The Hall–Kier alpha value is -0.800. The maximum Gasteiger partial charge on any atom is 0.118 e. The molecule has 0 radical (unpaired) electrons. The molecule has 18 heavy (non-hydrogen) atoms. The minimum absolute atomic E-state index is 0.817. The van der Waals surface area contributed by atoms with Crippen LogP contribution in [0.15, 0.2) is 16.5 Å². The second-order valence-corrected chi connectivity index (χ2v) is 5.38. The topological polar surface area (TPSA) is 28.4 Å². The zero-order chi connectivity index (χ0) is 12.8. The first-order chi connectivity index (χ1) is 8.81. The van der Waals surface area contributed by atoms with Crippen LogP contribution >= 0.6 is 0 Å². The average Bonchev–Trinajstić information content (AvgIpc) is 2.68. The predicted molar refractivity (Wildman–Crippen MR) is 74.4 cm³/mol. The number of hydrogen-bond donors (Lipinski definition) is 1. The van der Waals surface area contributed by atoms with E-state index < -0.39 is 0 Å². The van der Waals surface area contributed by atoms with Gasteiger partial charge in [-0.3, -0.25) is 4.90 Å². The Balaban J connectivity index is 1.84. The lowest BCUT2D eigenvalue weighted by atomic mass is 9.98. The van der Waals surface area contributed by atoms with E-state index in [9.17, 15) is 0 Å². The van der Waals surface area contributed by atoms with Gasteiger partial charge in [-0.2, -0.15) is 0 Å². The summed E-state index contributed by atoms with van der Waals surface area (Å²) in [5.41, 5.74) is 0. The van der Waals surface area contributed by atoms with E-state index >= 15 is 0 Å². The number of likely N-dealkylation sites (tertiary alicyclic amines) is 1. The van der Waals surface area contributed by atoms with E-state index in [-0.39, 0.29) is 0 Å². The monoisotopic (exact) mass is 250 g/mol. The van der Waals surface area contributed by atoms with Gasteiger partial charge in [-0.05, 0) is 57.5 Å². The molecule has 1 aromatic rings. The van der Waals surface area contributed by atoms with Crippen molar-refractivity contribution in [3.8, 4) is 0 Å². The van der Waals surface area contributed by atoms with Gasteiger partial charge >= 0.3 is 0 Å². The molecule has 1 aromatic heterocycles. The molecule has 2 rings (SSSR count). The zero-order valence-corrected chi connectivity index (χ0v) is 11.7. The van der Waals surface area contributed by atoms with Gasteiger partial charge in [-0.25, -0.2) is 0 Å². The highest BCUT2D eigenvalue weighted by Gasteiger charge is 2.16. The van der Waals surface area contributed by atoms with Crippen molar-refractivity contribution in [3.63, 3.8) is 0 Å². The lowest BCUT2D eigenvalue weighted by molar-refractivity contribution is 0.246. The molecule has 1 unspecified atom stereocenters. The Labute approximate surface area is 111 Å². The highest BCUT2D eigenvalue weighted by Crippen LogP contribution is 2.21. The van der Waals surface area contributed by atoms with E-state index in [0.717, 1.165) is 30.5 Å². The first-order valence-corrected chi connectivity index (χ1v) is 7.26. The van der Waals surface area contributed by atoms with Gasteiger partial charge in [0.05, 0.1) is 13.1 Å². The van der Waals surface area contributed by atoms with Crippen LogP contribution in [0.25, 0.3) is 0 Å². The molecule has 2 heterocycles. The molecule has 1 atom stereocenters. The van der Waals surface area contributed by atoms with Crippen LogP contribution in [0.1, 0.15) is 44.1 Å². The Morgan fingerprint density at radius 1 is 1.28 bits per heavy atom. The summed E-state index contributed by atoms with van der Waals surface area (Å²) in [5, 5.41) is 3.12. The molecular formula is C15H26N2O. The minimum Gasteiger partial charge on any atom is -0.463 e. The zero-order valence-electron chi connectivity index (χ0n) is 11.7. The smallest absolute Gasteiger partial charge is 0.118 e. The third kappa shape index (κ3) is 3.85. The van der Waals surface area contributed by atoms with Crippen molar-refractivity contribution in [2.24, 2.45) is 5.92 Å². The molecule has 1 saturated heterocycles. The number of rotatable bonds is 5. The fourth-order valence-corrected chi connectivity index (χ4v) is 2.79. The van der Waals surface area contributed by atoms with Crippen LogP contribution in [-0.2, 0) is 13.1 Å². The van der Waals surface area contributed by atoms with Crippen LogP contribution in [0, 0.1) is 5.92 Å². The highest BCUT2D eigenvalue weighted by atomic mass is 16.3. The van der Waals surface area contributed by atoms with E-state index in [2.05, 4.69) is 29.3 Å². The molecular weight excluding hydrogens is 224 g/mol. The van der Waals surface area contributed by atoms with E-state index in [1.165, 1.54) is 38.8 Å². The van der Waals surface area contributed by atoms with Gasteiger partial charge < -0.3 is 9.73 Å². The quantitative estimate of drug-likeness (QED) is 0.871. The van der Waals surface area contributed by atoms with E-state index in [0.29, 0.717) is 0 Å². The Kier molecular flexibility index (Phi) is 5.26. The second kappa shape index (κ2) is 6.95. The molecule has 0 aliphatic carbocycles. The number of hydrogen-bond acceptors (Lipinski definition) is 3. The normalized spacial score (nSPS) is 22.0. The van der Waals surface area contributed by atoms with E-state index in [4.69, 9.17) is 4.42 Å². The molecule has 1 aliphatic heterocycles. The molecule has 0 saturated carbocycles. The fourth-order valence-electron chi connectivity index (χ4n) is 2.79. The Morgan fingerprint density at radius 3 is 2.89 bits per heavy atom. The van der Waals surface area contributed by atoms with E-state index in [1.54, 1.807) is 0 Å². The molecule has 1 aliphatic rings. The third-order valence-corrected chi connectivity index (χ3v) is 3.97. The number of nitrogens with zero attached hydrogens (tertiary/aromatic N) is 1. The van der Waals surface area contributed by atoms with Gasteiger partial charge in [0, 0.05) is 0 Å². The molecule has 0 aromatic carbocycles. The molecule has 0 amide bonds. The summed E-state index contributed by atoms with van der Waals surface area (Å²) in [4.78, 5) is 2.54. The first-order valence-electron chi connectivity index (χ1n) is 7.26. The molecule has 102 valence electrons. The van der Waals surface area contributed by atoms with Gasteiger partial charge in [0.25, 0.3) is 0 Å². The molecule has 1 fully saturated rings. The van der Waals surface area contributed by atoms with Gasteiger partial charge in [0.2, 0.25) is 0 Å². The van der Waals surface area contributed by atoms with Crippen molar-refractivity contribution in [1.29, 1.82) is 0 Å². The van der Waals surface area contributed by atoms with Gasteiger partial charge in [0.1, 0.15) is 11.5 Å². The van der Waals surface area contributed by atoms with Crippen molar-refractivity contribution >= 4 is 0 Å². The lowest BCUT2D eigenvalue weighted by Gasteiger charge is -2.18. The SMILES string of the molecule is CCC1CCCN(Cc2ccc(CNC)o2)CC1. The number of furan rings is 1. The number of nitrogens with one attached hydrogen (secondary N) is 1. The standard InChI is InChI=1S/C15H26N2O/c1-3-13-5-4-9-17(10-8-13)12-15-7-6-14(18-15)11-16-2/h6-7,13,16H,3-5,8-12H2,1-2H3. The fraction of sp³-hybridized carbons (Fsp3) is 0.733. The van der Waals surface area contributed by atoms with Crippen LogP contribution in [0.3, 0.4) is 0 Å². The van der Waals surface area contributed by atoms with Crippen LogP contribution in [-0.4, -0.2) is 25.0 Å². The van der Waals surface area contributed by atoms with Crippen molar-refractivity contribution in [3.05, 3.63) is 23.7 Å². The maximum absolute atomic E-state index is 5.82.